The second-order valence-corrected chi connectivity index (χ2v) is 8.73. The maximum atomic E-state index is 12.4. The number of esters is 1. The lowest BCUT2D eigenvalue weighted by Crippen LogP contribution is -2.45. The van der Waals surface area contributed by atoms with Crippen LogP contribution in [0.3, 0.4) is 0 Å². The highest BCUT2D eigenvalue weighted by Crippen LogP contribution is 2.34. The van der Waals surface area contributed by atoms with Crippen LogP contribution >= 0.6 is 11.8 Å². The Labute approximate surface area is 175 Å². The number of imide groups is 1. The Bertz CT molecular complexity index is 715. The SMILES string of the molecule is CCOC(=O)Cc1nnc(S[C@H](C)C(=O)NC(=O)NC(C)C)n1C1CCCCC1. The van der Waals surface area contributed by atoms with E-state index in [9.17, 15) is 14.4 Å². The molecule has 3 amide bonds. The van der Waals surface area contributed by atoms with E-state index in [2.05, 4.69) is 20.8 Å². The maximum Gasteiger partial charge on any atom is 0.321 e. The Balaban J connectivity index is 2.13. The van der Waals surface area contributed by atoms with E-state index in [1.165, 1.54) is 18.2 Å². The summed E-state index contributed by atoms with van der Waals surface area (Å²) in [5.74, 6) is -0.189. The van der Waals surface area contributed by atoms with Crippen molar-refractivity contribution in [1.82, 2.24) is 25.4 Å². The monoisotopic (exact) mass is 425 g/mol. The molecule has 2 N–H and O–H groups in total. The largest absolute Gasteiger partial charge is 0.466 e. The van der Waals surface area contributed by atoms with Crippen molar-refractivity contribution in [3.63, 3.8) is 0 Å². The average molecular weight is 426 g/mol. The van der Waals surface area contributed by atoms with Crippen LogP contribution in [-0.4, -0.2) is 50.6 Å². The third kappa shape index (κ3) is 7.02. The van der Waals surface area contributed by atoms with Gasteiger partial charge >= 0.3 is 12.0 Å². The summed E-state index contributed by atoms with van der Waals surface area (Å²) in [6.45, 7) is 7.43. The summed E-state index contributed by atoms with van der Waals surface area (Å²) in [6.07, 6.45) is 5.43. The number of nitrogens with zero attached hydrogens (tertiary/aromatic N) is 3. The Morgan fingerprint density at radius 1 is 1.17 bits per heavy atom. The number of carbonyl (C=O) groups is 3. The maximum absolute atomic E-state index is 12.4. The van der Waals surface area contributed by atoms with Crippen molar-refractivity contribution < 1.29 is 19.1 Å². The first-order valence-electron chi connectivity index (χ1n) is 10.2. The fourth-order valence-electron chi connectivity index (χ4n) is 3.28. The molecule has 0 aliphatic heterocycles. The number of nitrogens with one attached hydrogen (secondary N) is 2. The highest BCUT2D eigenvalue weighted by atomic mass is 32.2. The molecule has 1 aromatic heterocycles. The highest BCUT2D eigenvalue weighted by Gasteiger charge is 2.27. The van der Waals surface area contributed by atoms with Crippen molar-refractivity contribution in [2.75, 3.05) is 6.61 Å². The van der Waals surface area contributed by atoms with Crippen molar-refractivity contribution in [2.45, 2.75) is 88.7 Å². The van der Waals surface area contributed by atoms with Gasteiger partial charge < -0.3 is 14.6 Å². The zero-order valence-electron chi connectivity index (χ0n) is 17.6. The van der Waals surface area contributed by atoms with Crippen LogP contribution in [0.25, 0.3) is 0 Å². The van der Waals surface area contributed by atoms with Gasteiger partial charge in [0.2, 0.25) is 5.91 Å². The zero-order chi connectivity index (χ0) is 21.4. The van der Waals surface area contributed by atoms with Crippen LogP contribution in [-0.2, 0) is 20.7 Å². The number of carbonyl (C=O) groups excluding carboxylic acids is 3. The Kier molecular flexibility index (Phi) is 8.94. The topological polar surface area (TPSA) is 115 Å². The minimum Gasteiger partial charge on any atom is -0.466 e. The lowest BCUT2D eigenvalue weighted by Gasteiger charge is -2.26. The molecule has 1 atom stereocenters. The Morgan fingerprint density at radius 2 is 1.86 bits per heavy atom. The molecule has 0 saturated heterocycles. The normalized spacial score (nSPS) is 15.8. The van der Waals surface area contributed by atoms with Crippen molar-refractivity contribution in [1.29, 1.82) is 0 Å². The van der Waals surface area contributed by atoms with E-state index >= 15 is 0 Å². The van der Waals surface area contributed by atoms with E-state index in [1.54, 1.807) is 13.8 Å². The van der Waals surface area contributed by atoms with Crippen LogP contribution in [0.2, 0.25) is 0 Å². The van der Waals surface area contributed by atoms with Gasteiger partial charge in [-0.1, -0.05) is 31.0 Å². The van der Waals surface area contributed by atoms with Crippen LogP contribution in [0, 0.1) is 0 Å². The van der Waals surface area contributed by atoms with Crippen LogP contribution < -0.4 is 10.6 Å². The van der Waals surface area contributed by atoms with Gasteiger partial charge in [0, 0.05) is 12.1 Å². The fraction of sp³-hybridized carbons (Fsp3) is 0.737. The third-order valence-electron chi connectivity index (χ3n) is 4.59. The first-order chi connectivity index (χ1) is 13.8. The third-order valence-corrected chi connectivity index (χ3v) is 5.65. The van der Waals surface area contributed by atoms with Crippen LogP contribution in [0.1, 0.15) is 71.7 Å². The molecule has 0 bridgehead atoms. The number of rotatable bonds is 8. The molecular formula is C19H31N5O4S. The molecule has 1 aromatic rings. The average Bonchev–Trinajstić information content (AvgIpc) is 3.03. The minimum atomic E-state index is -0.546. The van der Waals surface area contributed by atoms with Crippen molar-refractivity contribution in [3.05, 3.63) is 5.82 Å². The van der Waals surface area contributed by atoms with Crippen LogP contribution in [0.5, 0.6) is 0 Å². The van der Waals surface area contributed by atoms with Gasteiger partial charge in [0.25, 0.3) is 0 Å². The lowest BCUT2D eigenvalue weighted by molar-refractivity contribution is -0.142. The molecule has 10 heteroatoms. The summed E-state index contributed by atoms with van der Waals surface area (Å²) in [6, 6.07) is -0.384. The first-order valence-corrected chi connectivity index (χ1v) is 11.1. The highest BCUT2D eigenvalue weighted by molar-refractivity contribution is 8.00. The van der Waals surface area contributed by atoms with Gasteiger partial charge in [0.15, 0.2) is 5.16 Å². The quantitative estimate of drug-likeness (QED) is 0.486. The second-order valence-electron chi connectivity index (χ2n) is 7.42. The van der Waals surface area contributed by atoms with Crippen LogP contribution in [0.15, 0.2) is 5.16 Å². The smallest absolute Gasteiger partial charge is 0.321 e. The molecule has 1 aliphatic rings. The molecular weight excluding hydrogens is 394 g/mol. The molecule has 1 heterocycles. The van der Waals surface area contributed by atoms with E-state index in [0.29, 0.717) is 17.6 Å². The number of hydrogen-bond donors (Lipinski definition) is 2. The molecule has 29 heavy (non-hydrogen) atoms. The van der Waals surface area contributed by atoms with Gasteiger partial charge in [-0.15, -0.1) is 10.2 Å². The van der Waals surface area contributed by atoms with Crippen LogP contribution in [0.4, 0.5) is 4.79 Å². The number of hydrogen-bond acceptors (Lipinski definition) is 7. The fourth-order valence-corrected chi connectivity index (χ4v) is 4.22. The predicted octanol–water partition coefficient (Wildman–Crippen LogP) is 2.60. The second kappa shape index (κ2) is 11.2. The van der Waals surface area contributed by atoms with Crippen molar-refractivity contribution in [2.24, 2.45) is 0 Å². The molecule has 1 saturated carbocycles. The van der Waals surface area contributed by atoms with Gasteiger partial charge in [-0.3, -0.25) is 14.9 Å². The number of thioether (sulfide) groups is 1. The van der Waals surface area contributed by atoms with Crippen molar-refractivity contribution >= 4 is 29.7 Å². The van der Waals surface area contributed by atoms with Gasteiger partial charge in [-0.05, 0) is 40.5 Å². The molecule has 1 aliphatic carbocycles. The Morgan fingerprint density at radius 3 is 2.48 bits per heavy atom. The number of amides is 3. The molecule has 0 spiro atoms. The molecule has 0 unspecified atom stereocenters. The molecule has 9 nitrogen and oxygen atoms in total. The van der Waals surface area contributed by atoms with Gasteiger partial charge in [-0.2, -0.15) is 0 Å². The number of aromatic nitrogens is 3. The summed E-state index contributed by atoms with van der Waals surface area (Å²) < 4.78 is 7.04. The van der Waals surface area contributed by atoms with E-state index in [-0.39, 0.29) is 24.5 Å². The molecule has 2 rings (SSSR count). The molecule has 0 radical (unpaired) electrons. The molecule has 0 aromatic carbocycles. The number of urea groups is 1. The summed E-state index contributed by atoms with van der Waals surface area (Å²) in [5, 5.41) is 13.5. The lowest BCUT2D eigenvalue weighted by atomic mass is 9.95. The van der Waals surface area contributed by atoms with E-state index in [0.717, 1.165) is 25.7 Å². The zero-order valence-corrected chi connectivity index (χ0v) is 18.4. The van der Waals surface area contributed by atoms with Gasteiger partial charge in [0.05, 0.1) is 11.9 Å². The number of ether oxygens (including phenoxy) is 1. The molecule has 162 valence electrons. The van der Waals surface area contributed by atoms with E-state index in [4.69, 9.17) is 4.74 Å². The Hall–Kier alpha value is -2.10. The van der Waals surface area contributed by atoms with Crippen molar-refractivity contribution in [3.8, 4) is 0 Å². The predicted molar refractivity (Wildman–Crippen MR) is 110 cm³/mol. The summed E-state index contributed by atoms with van der Waals surface area (Å²) >= 11 is 1.24. The van der Waals surface area contributed by atoms with E-state index < -0.39 is 17.2 Å². The summed E-state index contributed by atoms with van der Waals surface area (Å²) in [7, 11) is 0. The summed E-state index contributed by atoms with van der Waals surface area (Å²) in [4.78, 5) is 36.1. The first kappa shape index (κ1) is 23.2. The van der Waals surface area contributed by atoms with Gasteiger partial charge in [-0.25, -0.2) is 4.79 Å². The summed E-state index contributed by atoms with van der Waals surface area (Å²) in [5.41, 5.74) is 0. The van der Waals surface area contributed by atoms with E-state index in [1.807, 2.05) is 18.4 Å². The minimum absolute atomic E-state index is 0.0509. The molecule has 1 fully saturated rings. The van der Waals surface area contributed by atoms with Gasteiger partial charge in [0.1, 0.15) is 12.2 Å². The standard InChI is InChI=1S/C19H31N5O4S/c1-5-28-16(25)11-15-22-23-19(24(15)14-9-7-6-8-10-14)29-13(4)17(26)21-18(27)20-12(2)3/h12-14H,5-11H2,1-4H3,(H2,20,21,26,27)/t13-/m1/s1.